The van der Waals surface area contributed by atoms with Crippen molar-refractivity contribution in [1.29, 1.82) is 0 Å². The lowest BCUT2D eigenvalue weighted by Gasteiger charge is -2.14. The van der Waals surface area contributed by atoms with Crippen LogP contribution in [0.3, 0.4) is 0 Å². The Morgan fingerprint density at radius 3 is 2.35 bits per heavy atom. The molecule has 0 amide bonds. The molecule has 0 aliphatic heterocycles. The van der Waals surface area contributed by atoms with Gasteiger partial charge in [-0.2, -0.15) is 0 Å². The molecule has 0 saturated carbocycles. The van der Waals surface area contributed by atoms with Crippen molar-refractivity contribution in [2.75, 3.05) is 12.4 Å². The summed E-state index contributed by atoms with van der Waals surface area (Å²) in [6.45, 7) is 4.25. The Morgan fingerprint density at radius 1 is 1.15 bits per heavy atom. The van der Waals surface area contributed by atoms with Crippen LogP contribution in [0, 0.1) is 6.92 Å². The Hall–Kier alpha value is -1.90. The predicted molar refractivity (Wildman–Crippen MR) is 82.3 cm³/mol. The minimum atomic E-state index is 0.422. The molecule has 0 saturated heterocycles. The average molecular weight is 267 g/mol. The molecule has 0 bridgehead atoms. The lowest BCUT2D eigenvalue weighted by molar-refractivity contribution is 0.673. The van der Waals surface area contributed by atoms with E-state index in [4.69, 9.17) is 9.97 Å². The van der Waals surface area contributed by atoms with Gasteiger partial charge in [0.05, 0.1) is 0 Å². The van der Waals surface area contributed by atoms with Gasteiger partial charge in [0.15, 0.2) is 0 Å². The molecule has 1 aliphatic rings. The van der Waals surface area contributed by atoms with E-state index in [1.165, 1.54) is 16.7 Å². The summed E-state index contributed by atoms with van der Waals surface area (Å²) in [6.07, 6.45) is 3.08. The molecule has 0 radical (unpaired) electrons. The van der Waals surface area contributed by atoms with E-state index in [0.717, 1.165) is 36.6 Å². The fourth-order valence-corrected chi connectivity index (χ4v) is 3.09. The Balaban J connectivity index is 1.96. The molecule has 20 heavy (non-hydrogen) atoms. The molecule has 1 N–H and O–H groups in total. The zero-order valence-corrected chi connectivity index (χ0v) is 12.4. The number of aromatic nitrogens is 2. The highest BCUT2D eigenvalue weighted by molar-refractivity contribution is 5.46. The topological polar surface area (TPSA) is 37.8 Å². The van der Waals surface area contributed by atoms with Crippen LogP contribution in [-0.4, -0.2) is 17.0 Å². The summed E-state index contributed by atoms with van der Waals surface area (Å²) in [5.41, 5.74) is 5.24. The van der Waals surface area contributed by atoms with Crippen LogP contribution in [0.4, 0.5) is 5.82 Å². The Labute approximate surface area is 120 Å². The van der Waals surface area contributed by atoms with Gasteiger partial charge >= 0.3 is 0 Å². The van der Waals surface area contributed by atoms with Crippen LogP contribution in [0.25, 0.3) is 0 Å². The van der Waals surface area contributed by atoms with E-state index < -0.39 is 0 Å². The lowest BCUT2D eigenvalue weighted by Crippen LogP contribution is -2.11. The van der Waals surface area contributed by atoms with Gasteiger partial charge in [0.1, 0.15) is 11.6 Å². The van der Waals surface area contributed by atoms with Crippen molar-refractivity contribution in [3.05, 3.63) is 52.5 Å². The molecule has 3 nitrogen and oxygen atoms in total. The van der Waals surface area contributed by atoms with Crippen molar-refractivity contribution in [1.82, 2.24) is 9.97 Å². The fraction of sp³-hybridized carbons (Fsp3) is 0.412. The number of nitrogens with one attached hydrogen (secondary N) is 1. The van der Waals surface area contributed by atoms with Gasteiger partial charge in [0.2, 0.25) is 0 Å². The number of benzene rings is 1. The first kappa shape index (κ1) is 13.1. The van der Waals surface area contributed by atoms with Crippen LogP contribution < -0.4 is 5.32 Å². The van der Waals surface area contributed by atoms with Gasteiger partial charge < -0.3 is 5.32 Å². The average Bonchev–Trinajstić information content (AvgIpc) is 2.91. The molecule has 1 aromatic heterocycles. The van der Waals surface area contributed by atoms with Crippen molar-refractivity contribution in [2.45, 2.75) is 39.0 Å². The van der Waals surface area contributed by atoms with E-state index in [1.54, 1.807) is 0 Å². The maximum Gasteiger partial charge on any atom is 0.134 e. The third kappa shape index (κ3) is 2.17. The Kier molecular flexibility index (Phi) is 3.43. The van der Waals surface area contributed by atoms with Crippen LogP contribution in [0.15, 0.2) is 24.3 Å². The number of fused-ring (bicyclic) bond motifs is 1. The highest BCUT2D eigenvalue weighted by Crippen LogP contribution is 2.33. The third-order valence-electron chi connectivity index (χ3n) is 4.25. The van der Waals surface area contributed by atoms with E-state index in [1.807, 2.05) is 7.05 Å². The largest absolute Gasteiger partial charge is 0.373 e. The van der Waals surface area contributed by atoms with E-state index in [9.17, 15) is 0 Å². The summed E-state index contributed by atoms with van der Waals surface area (Å²) in [7, 11) is 1.93. The van der Waals surface area contributed by atoms with Crippen molar-refractivity contribution < 1.29 is 0 Å². The van der Waals surface area contributed by atoms with Crippen molar-refractivity contribution in [3.63, 3.8) is 0 Å². The van der Waals surface area contributed by atoms with E-state index in [-0.39, 0.29) is 0 Å². The number of rotatable bonds is 3. The van der Waals surface area contributed by atoms with Crippen molar-refractivity contribution in [2.24, 2.45) is 0 Å². The van der Waals surface area contributed by atoms with Gasteiger partial charge in [-0.25, -0.2) is 9.97 Å². The van der Waals surface area contributed by atoms with Gasteiger partial charge in [-0.1, -0.05) is 31.2 Å². The summed E-state index contributed by atoms with van der Waals surface area (Å²) in [5, 5.41) is 3.20. The molecule has 3 rings (SSSR count). The second kappa shape index (κ2) is 5.23. The van der Waals surface area contributed by atoms with Crippen LogP contribution in [0.2, 0.25) is 0 Å². The smallest absolute Gasteiger partial charge is 0.134 e. The fourth-order valence-electron chi connectivity index (χ4n) is 3.09. The molecular weight excluding hydrogens is 246 g/mol. The second-order valence-corrected chi connectivity index (χ2v) is 5.48. The van der Waals surface area contributed by atoms with E-state index in [2.05, 4.69) is 43.4 Å². The van der Waals surface area contributed by atoms with Crippen LogP contribution in [0.5, 0.6) is 0 Å². The van der Waals surface area contributed by atoms with Crippen LogP contribution >= 0.6 is 0 Å². The van der Waals surface area contributed by atoms with Gasteiger partial charge in [-0.3, -0.25) is 0 Å². The maximum atomic E-state index is 4.81. The second-order valence-electron chi connectivity index (χ2n) is 5.48. The summed E-state index contributed by atoms with van der Waals surface area (Å²) in [5.74, 6) is 2.39. The van der Waals surface area contributed by atoms with Crippen molar-refractivity contribution in [3.8, 4) is 0 Å². The standard InChI is InChI=1S/C17H21N3/c1-4-15-11(2)16(18-3)20-17(19-15)14-9-12-7-5-6-8-13(12)10-14/h5-8,14H,4,9-10H2,1-3H3,(H,18,19,20). The normalized spacial score (nSPS) is 14.3. The van der Waals surface area contributed by atoms with Crippen molar-refractivity contribution >= 4 is 5.82 Å². The first-order valence-electron chi connectivity index (χ1n) is 7.34. The molecule has 1 aromatic carbocycles. The van der Waals surface area contributed by atoms with Gasteiger partial charge in [-0.05, 0) is 37.3 Å². The molecule has 3 heteroatoms. The molecule has 0 spiro atoms. The maximum absolute atomic E-state index is 4.81. The SMILES string of the molecule is CCc1nc(C2Cc3ccccc3C2)nc(NC)c1C. The van der Waals surface area contributed by atoms with E-state index in [0.29, 0.717) is 5.92 Å². The third-order valence-corrected chi connectivity index (χ3v) is 4.25. The number of nitrogens with zero attached hydrogens (tertiary/aromatic N) is 2. The summed E-state index contributed by atoms with van der Waals surface area (Å²) in [4.78, 5) is 9.56. The Bertz CT molecular complexity index is 584. The molecular formula is C17H21N3. The summed E-state index contributed by atoms with van der Waals surface area (Å²) >= 11 is 0. The molecule has 0 unspecified atom stereocenters. The van der Waals surface area contributed by atoms with Gasteiger partial charge in [0.25, 0.3) is 0 Å². The minimum Gasteiger partial charge on any atom is -0.373 e. The Morgan fingerprint density at radius 2 is 1.80 bits per heavy atom. The number of aryl methyl sites for hydroxylation is 1. The molecule has 1 heterocycles. The summed E-state index contributed by atoms with van der Waals surface area (Å²) < 4.78 is 0. The highest BCUT2D eigenvalue weighted by atomic mass is 15.0. The number of anilines is 1. The monoisotopic (exact) mass is 267 g/mol. The zero-order valence-electron chi connectivity index (χ0n) is 12.4. The molecule has 0 atom stereocenters. The van der Waals surface area contributed by atoms with Crippen LogP contribution in [-0.2, 0) is 19.3 Å². The minimum absolute atomic E-state index is 0.422. The van der Waals surface area contributed by atoms with Gasteiger partial charge in [0, 0.05) is 24.2 Å². The quantitative estimate of drug-likeness (QED) is 0.927. The first-order chi connectivity index (χ1) is 9.72. The zero-order chi connectivity index (χ0) is 14.1. The first-order valence-corrected chi connectivity index (χ1v) is 7.34. The lowest BCUT2D eigenvalue weighted by atomic mass is 10.0. The molecule has 2 aromatic rings. The molecule has 104 valence electrons. The van der Waals surface area contributed by atoms with E-state index >= 15 is 0 Å². The van der Waals surface area contributed by atoms with Gasteiger partial charge in [-0.15, -0.1) is 0 Å². The van der Waals surface area contributed by atoms with Crippen LogP contribution in [0.1, 0.15) is 41.1 Å². The summed E-state index contributed by atoms with van der Waals surface area (Å²) in [6, 6.07) is 8.69. The number of hydrogen-bond donors (Lipinski definition) is 1. The number of hydrogen-bond acceptors (Lipinski definition) is 3. The predicted octanol–water partition coefficient (Wildman–Crippen LogP) is 3.27. The molecule has 0 fully saturated rings. The highest BCUT2D eigenvalue weighted by Gasteiger charge is 2.25. The molecule has 1 aliphatic carbocycles.